The first-order valence-corrected chi connectivity index (χ1v) is 16.9. The summed E-state index contributed by atoms with van der Waals surface area (Å²) in [6, 6.07) is 56.1. The average molecular weight is 595 g/mol. The molecular formula is C41H27N2OP. The Morgan fingerprint density at radius 2 is 1.16 bits per heavy atom. The monoisotopic (exact) mass is 594 g/mol. The van der Waals surface area contributed by atoms with Crippen LogP contribution < -0.4 is 15.9 Å². The fourth-order valence-corrected chi connectivity index (χ4v) is 9.90. The van der Waals surface area contributed by atoms with Gasteiger partial charge in [-0.15, -0.1) is 0 Å². The maximum Gasteiger partial charge on any atom is 0.171 e. The lowest BCUT2D eigenvalue weighted by Crippen LogP contribution is -2.25. The van der Waals surface area contributed by atoms with Crippen LogP contribution >= 0.6 is 7.14 Å². The molecule has 0 radical (unpaired) electrons. The molecule has 7 aromatic carbocycles. The summed E-state index contributed by atoms with van der Waals surface area (Å²) in [4.78, 5) is 5.04. The quantitative estimate of drug-likeness (QED) is 0.150. The van der Waals surface area contributed by atoms with Gasteiger partial charge in [0.05, 0.1) is 16.6 Å². The molecule has 0 aliphatic rings. The van der Waals surface area contributed by atoms with Gasteiger partial charge in [-0.2, -0.15) is 0 Å². The molecule has 0 spiro atoms. The van der Waals surface area contributed by atoms with Crippen LogP contribution in [0.5, 0.6) is 0 Å². The highest BCUT2D eigenvalue weighted by Crippen LogP contribution is 2.46. The van der Waals surface area contributed by atoms with E-state index < -0.39 is 7.14 Å². The maximum absolute atomic E-state index is 15.6. The zero-order valence-electron chi connectivity index (χ0n) is 24.3. The number of aromatic nitrogens is 2. The van der Waals surface area contributed by atoms with Gasteiger partial charge >= 0.3 is 0 Å². The molecule has 3 nitrogen and oxygen atoms in total. The average Bonchev–Trinajstić information content (AvgIpc) is 3.52. The van der Waals surface area contributed by atoms with Crippen molar-refractivity contribution in [3.8, 4) is 11.1 Å². The third kappa shape index (κ3) is 3.84. The van der Waals surface area contributed by atoms with Crippen LogP contribution in [0.15, 0.2) is 164 Å². The van der Waals surface area contributed by atoms with Gasteiger partial charge in [0.2, 0.25) is 0 Å². The lowest BCUT2D eigenvalue weighted by molar-refractivity contribution is 0.592. The van der Waals surface area contributed by atoms with Crippen LogP contribution in [0.4, 0.5) is 0 Å². The van der Waals surface area contributed by atoms with E-state index in [2.05, 4.69) is 95.4 Å². The summed E-state index contributed by atoms with van der Waals surface area (Å²) in [6.07, 6.45) is 0. The number of hydrogen-bond donors (Lipinski definition) is 0. The molecule has 9 rings (SSSR count). The second kappa shape index (κ2) is 10.0. The predicted octanol–water partition coefficient (Wildman–Crippen LogP) is 9.25. The molecule has 4 heteroatoms. The molecule has 0 saturated carbocycles. The molecular weight excluding hydrogens is 567 g/mol. The van der Waals surface area contributed by atoms with E-state index >= 15 is 4.57 Å². The van der Waals surface area contributed by atoms with Gasteiger partial charge in [0.15, 0.2) is 7.14 Å². The van der Waals surface area contributed by atoms with Crippen LogP contribution in [0, 0.1) is 0 Å². The molecule has 0 fully saturated rings. The first-order chi connectivity index (χ1) is 22.2. The Morgan fingerprint density at radius 3 is 1.91 bits per heavy atom. The highest BCUT2D eigenvalue weighted by atomic mass is 31.2. The summed E-state index contributed by atoms with van der Waals surface area (Å²) in [7, 11) is -3.22. The van der Waals surface area contributed by atoms with Gasteiger partial charge in [-0.25, -0.2) is 4.98 Å². The van der Waals surface area contributed by atoms with Crippen molar-refractivity contribution in [1.29, 1.82) is 0 Å². The molecule has 45 heavy (non-hydrogen) atoms. The Balaban J connectivity index is 1.38. The topological polar surface area (TPSA) is 34.4 Å². The van der Waals surface area contributed by atoms with E-state index in [1.807, 2.05) is 72.8 Å². The van der Waals surface area contributed by atoms with Gasteiger partial charge in [-0.05, 0) is 46.2 Å². The lowest BCUT2D eigenvalue weighted by atomic mass is 9.95. The van der Waals surface area contributed by atoms with Gasteiger partial charge in [-0.3, -0.25) is 4.40 Å². The van der Waals surface area contributed by atoms with Crippen molar-refractivity contribution in [1.82, 2.24) is 9.38 Å². The van der Waals surface area contributed by atoms with Crippen molar-refractivity contribution in [2.24, 2.45) is 0 Å². The Morgan fingerprint density at radius 1 is 0.511 bits per heavy atom. The molecule has 0 amide bonds. The summed E-state index contributed by atoms with van der Waals surface area (Å²) in [5.74, 6) is 0. The van der Waals surface area contributed by atoms with Crippen molar-refractivity contribution in [3.05, 3.63) is 164 Å². The van der Waals surface area contributed by atoms with Crippen LogP contribution in [0.1, 0.15) is 0 Å². The fourth-order valence-electron chi connectivity index (χ4n) is 7.01. The number of nitrogens with zero attached hydrogens (tertiary/aromatic N) is 2. The van der Waals surface area contributed by atoms with E-state index in [0.29, 0.717) is 0 Å². The van der Waals surface area contributed by atoms with Crippen molar-refractivity contribution < 1.29 is 4.57 Å². The Bertz CT molecular complexity index is 2580. The van der Waals surface area contributed by atoms with Crippen molar-refractivity contribution in [2.45, 2.75) is 0 Å². The zero-order chi connectivity index (χ0) is 30.0. The number of pyridine rings is 1. The van der Waals surface area contributed by atoms with E-state index in [0.717, 1.165) is 76.2 Å². The normalized spacial score (nSPS) is 12.1. The second-order valence-corrected chi connectivity index (χ2v) is 14.2. The first kappa shape index (κ1) is 25.9. The molecule has 0 N–H and O–H groups in total. The first-order valence-electron chi connectivity index (χ1n) is 15.2. The number of imidazole rings is 1. The maximum atomic E-state index is 15.6. The van der Waals surface area contributed by atoms with E-state index in [1.165, 1.54) is 0 Å². The summed E-state index contributed by atoms with van der Waals surface area (Å²) in [6.45, 7) is 0. The molecule has 0 aliphatic heterocycles. The van der Waals surface area contributed by atoms with Crippen molar-refractivity contribution >= 4 is 72.2 Å². The smallest absolute Gasteiger partial charge is 0.171 e. The largest absolute Gasteiger partial charge is 0.309 e. The highest BCUT2D eigenvalue weighted by Gasteiger charge is 2.32. The molecule has 212 valence electrons. The number of hydrogen-bond acceptors (Lipinski definition) is 2. The zero-order valence-corrected chi connectivity index (χ0v) is 25.2. The molecule has 0 aliphatic carbocycles. The number of benzene rings is 7. The van der Waals surface area contributed by atoms with E-state index in [9.17, 15) is 0 Å². The van der Waals surface area contributed by atoms with Gasteiger partial charge in [0.1, 0.15) is 5.65 Å². The molecule has 2 aromatic heterocycles. The van der Waals surface area contributed by atoms with E-state index in [4.69, 9.17) is 4.98 Å². The highest BCUT2D eigenvalue weighted by molar-refractivity contribution is 7.85. The second-order valence-electron chi connectivity index (χ2n) is 11.5. The van der Waals surface area contributed by atoms with Crippen LogP contribution in [0.25, 0.3) is 60.3 Å². The molecule has 0 atom stereocenters. The Hall–Kier alpha value is -5.50. The standard InChI is InChI=1S/C41H27N2OP/c44-45(30-15-3-1-4-16-30,31-17-5-2-6-18-31)39-24-12-14-28-13-11-21-32(40(28)39)29-25-26-37-35(27-29)33-19-7-8-20-34(33)41-42-36-22-9-10-23-38(36)43(37)41/h1-27H. The molecule has 0 bridgehead atoms. The minimum atomic E-state index is -3.22. The Labute approximate surface area is 260 Å². The molecule has 2 heterocycles. The third-order valence-electron chi connectivity index (χ3n) is 9.03. The number of para-hydroxylation sites is 2. The number of fused-ring (bicyclic) bond motifs is 9. The van der Waals surface area contributed by atoms with Crippen molar-refractivity contribution in [2.75, 3.05) is 0 Å². The Kier molecular flexibility index (Phi) is 5.78. The van der Waals surface area contributed by atoms with Gasteiger partial charge in [0, 0.05) is 32.1 Å². The van der Waals surface area contributed by atoms with Crippen molar-refractivity contribution in [3.63, 3.8) is 0 Å². The van der Waals surface area contributed by atoms with Crippen LogP contribution in [0.2, 0.25) is 0 Å². The number of rotatable bonds is 4. The third-order valence-corrected chi connectivity index (χ3v) is 12.1. The van der Waals surface area contributed by atoms with Gasteiger partial charge < -0.3 is 4.57 Å². The fraction of sp³-hybridized carbons (Fsp3) is 0. The van der Waals surface area contributed by atoms with Crippen LogP contribution in [-0.4, -0.2) is 9.38 Å². The molecule has 9 aromatic rings. The minimum Gasteiger partial charge on any atom is -0.309 e. The van der Waals surface area contributed by atoms with Gasteiger partial charge in [-0.1, -0.05) is 140 Å². The summed E-state index contributed by atoms with van der Waals surface area (Å²) in [5, 5.41) is 8.05. The SMILES string of the molecule is O=P(c1ccccc1)(c1ccccc1)c1cccc2cccc(-c3ccc4c(c3)c3ccccc3c3nc5ccccc5n43)c12. The summed E-state index contributed by atoms with van der Waals surface area (Å²) < 4.78 is 17.9. The van der Waals surface area contributed by atoms with E-state index in [-0.39, 0.29) is 0 Å². The molecule has 0 saturated heterocycles. The lowest BCUT2D eigenvalue weighted by Gasteiger charge is -2.23. The van der Waals surface area contributed by atoms with Crippen LogP contribution in [-0.2, 0) is 4.57 Å². The minimum absolute atomic E-state index is 0.831. The summed E-state index contributed by atoms with van der Waals surface area (Å²) >= 11 is 0. The molecule has 0 unspecified atom stereocenters. The van der Waals surface area contributed by atoms with Crippen LogP contribution in [0.3, 0.4) is 0 Å². The predicted molar refractivity (Wildman–Crippen MR) is 190 cm³/mol. The van der Waals surface area contributed by atoms with Gasteiger partial charge in [0.25, 0.3) is 0 Å². The van der Waals surface area contributed by atoms with E-state index in [1.54, 1.807) is 0 Å². The summed E-state index contributed by atoms with van der Waals surface area (Å²) in [5.41, 5.74) is 6.30.